The molecule has 9 heteroatoms. The van der Waals surface area contributed by atoms with Gasteiger partial charge in [-0.15, -0.1) is 4.57 Å². The van der Waals surface area contributed by atoms with Crippen LogP contribution in [0.5, 0.6) is 0 Å². The number of nitrogens with zero attached hydrogens (tertiary/aromatic N) is 2. The van der Waals surface area contributed by atoms with Gasteiger partial charge in [-0.05, 0) is 43.0 Å². The van der Waals surface area contributed by atoms with E-state index < -0.39 is 28.5 Å². The van der Waals surface area contributed by atoms with Crippen LogP contribution >= 0.6 is 0 Å². The van der Waals surface area contributed by atoms with E-state index in [9.17, 15) is 24.8 Å². The normalized spacial score (nSPS) is 15.2. The van der Waals surface area contributed by atoms with Crippen LogP contribution in [0.25, 0.3) is 11.3 Å². The molecule has 0 atom stereocenters. The Morgan fingerprint density at radius 3 is 2.67 bits per heavy atom. The maximum atomic E-state index is 11.5. The highest BCUT2D eigenvalue weighted by Crippen LogP contribution is 2.38. The molecule has 1 amide bonds. The molecule has 0 bridgehead atoms. The number of rotatable bonds is 2. The molecular formula is C15H13N3O6. The molecule has 0 saturated carbocycles. The maximum absolute atomic E-state index is 11.5. The van der Waals surface area contributed by atoms with Crippen molar-refractivity contribution >= 4 is 23.7 Å². The summed E-state index contributed by atoms with van der Waals surface area (Å²) < 4.78 is 5.84. The van der Waals surface area contributed by atoms with Crippen molar-refractivity contribution in [2.24, 2.45) is 0 Å². The van der Waals surface area contributed by atoms with Crippen molar-refractivity contribution in [1.29, 1.82) is 0 Å². The summed E-state index contributed by atoms with van der Waals surface area (Å²) in [5, 5.41) is 22.9. The predicted octanol–water partition coefficient (Wildman–Crippen LogP) is 3.39. The van der Waals surface area contributed by atoms with Crippen molar-refractivity contribution in [3.63, 3.8) is 0 Å². The van der Waals surface area contributed by atoms with E-state index in [1.807, 2.05) is 0 Å². The summed E-state index contributed by atoms with van der Waals surface area (Å²) >= 11 is 0. The molecule has 2 aromatic rings. The molecule has 3 rings (SSSR count). The minimum Gasteiger partial charge on any atom is -0.446 e. The van der Waals surface area contributed by atoms with Gasteiger partial charge in [-0.25, -0.2) is 4.79 Å². The van der Waals surface area contributed by atoms with Crippen LogP contribution in [-0.4, -0.2) is 26.8 Å². The van der Waals surface area contributed by atoms with Crippen LogP contribution in [-0.2, 0) is 10.3 Å². The zero-order valence-electron chi connectivity index (χ0n) is 12.8. The number of benzene rings is 1. The van der Waals surface area contributed by atoms with Crippen molar-refractivity contribution in [1.82, 2.24) is 4.57 Å². The van der Waals surface area contributed by atoms with E-state index in [4.69, 9.17) is 4.74 Å². The molecule has 0 unspecified atom stereocenters. The lowest BCUT2D eigenvalue weighted by atomic mass is 9.92. The number of amides is 1. The Bertz CT molecular complexity index is 883. The highest BCUT2D eigenvalue weighted by atomic mass is 16.6. The van der Waals surface area contributed by atoms with Gasteiger partial charge < -0.3 is 20.0 Å². The lowest BCUT2D eigenvalue weighted by molar-refractivity contribution is -0.390. The van der Waals surface area contributed by atoms with Crippen molar-refractivity contribution in [2.75, 3.05) is 5.32 Å². The summed E-state index contributed by atoms with van der Waals surface area (Å²) in [6.45, 7) is 3.40. The Balaban J connectivity index is 2.18. The van der Waals surface area contributed by atoms with Crippen LogP contribution in [0.1, 0.15) is 19.4 Å². The standard InChI is InChI=1S/C15H13N3O6/c1-15(2)9-7-8(3-4-10(9)16-13(19)24-15)11-5-6-12(18(22)23)17(11)14(20)21/h3-7H,1-2H3,(H,16,19)(H,20,21). The van der Waals surface area contributed by atoms with Gasteiger partial charge in [0.25, 0.3) is 0 Å². The fourth-order valence-electron chi connectivity index (χ4n) is 2.73. The third-order valence-electron chi connectivity index (χ3n) is 3.79. The van der Waals surface area contributed by atoms with Gasteiger partial charge in [0.2, 0.25) is 0 Å². The number of hydrogen-bond acceptors (Lipinski definition) is 5. The van der Waals surface area contributed by atoms with E-state index in [0.29, 0.717) is 21.4 Å². The van der Waals surface area contributed by atoms with Gasteiger partial charge >= 0.3 is 18.0 Å². The van der Waals surface area contributed by atoms with E-state index in [-0.39, 0.29) is 5.69 Å². The first kappa shape index (κ1) is 15.5. The van der Waals surface area contributed by atoms with E-state index in [1.165, 1.54) is 6.07 Å². The Hall–Kier alpha value is -3.36. The highest BCUT2D eigenvalue weighted by Gasteiger charge is 2.34. The fraction of sp³-hybridized carbons (Fsp3) is 0.200. The second kappa shape index (κ2) is 5.08. The topological polar surface area (TPSA) is 124 Å². The average Bonchev–Trinajstić information content (AvgIpc) is 2.91. The maximum Gasteiger partial charge on any atom is 0.510 e. The number of carbonyl (C=O) groups excluding carboxylic acids is 1. The van der Waals surface area contributed by atoms with Crippen molar-refractivity contribution in [2.45, 2.75) is 19.4 Å². The fourth-order valence-corrected chi connectivity index (χ4v) is 2.73. The van der Waals surface area contributed by atoms with Crippen LogP contribution in [0.4, 0.5) is 21.1 Å². The summed E-state index contributed by atoms with van der Waals surface area (Å²) in [5.41, 5.74) is 0.880. The van der Waals surface area contributed by atoms with Gasteiger partial charge in [-0.3, -0.25) is 5.32 Å². The molecule has 1 aliphatic heterocycles. The van der Waals surface area contributed by atoms with Crippen LogP contribution in [0, 0.1) is 10.1 Å². The van der Waals surface area contributed by atoms with Gasteiger partial charge in [0.15, 0.2) is 0 Å². The summed E-state index contributed by atoms with van der Waals surface area (Å²) in [5.74, 6) is -0.543. The number of carbonyl (C=O) groups is 2. The lowest BCUT2D eigenvalue weighted by Gasteiger charge is -2.32. The average molecular weight is 331 g/mol. The molecule has 2 N–H and O–H groups in total. The Morgan fingerprint density at radius 2 is 2.04 bits per heavy atom. The first-order valence-electron chi connectivity index (χ1n) is 6.95. The van der Waals surface area contributed by atoms with Gasteiger partial charge in [0, 0.05) is 17.2 Å². The van der Waals surface area contributed by atoms with Crippen LogP contribution < -0.4 is 5.32 Å². The number of ether oxygens (including phenoxy) is 1. The Labute approximate surface area is 135 Å². The molecule has 124 valence electrons. The predicted molar refractivity (Wildman–Crippen MR) is 83.1 cm³/mol. The van der Waals surface area contributed by atoms with Crippen LogP contribution in [0.15, 0.2) is 30.3 Å². The van der Waals surface area contributed by atoms with E-state index in [2.05, 4.69) is 5.32 Å². The number of anilines is 1. The van der Waals surface area contributed by atoms with Crippen molar-refractivity contribution < 1.29 is 24.4 Å². The van der Waals surface area contributed by atoms with Gasteiger partial charge in [-0.1, -0.05) is 0 Å². The molecule has 24 heavy (non-hydrogen) atoms. The molecule has 9 nitrogen and oxygen atoms in total. The van der Waals surface area contributed by atoms with Crippen molar-refractivity contribution in [3.8, 4) is 11.3 Å². The minimum absolute atomic E-state index is 0.157. The number of carboxylic acid groups (broad SMARTS) is 1. The molecule has 0 radical (unpaired) electrons. The number of nitro groups is 1. The summed E-state index contributed by atoms with van der Waals surface area (Å²) in [7, 11) is 0. The third-order valence-corrected chi connectivity index (χ3v) is 3.79. The number of aromatic nitrogens is 1. The van der Waals surface area contributed by atoms with Gasteiger partial charge in [-0.2, -0.15) is 4.79 Å². The lowest BCUT2D eigenvalue weighted by Crippen LogP contribution is -2.34. The molecule has 1 aliphatic rings. The molecule has 0 spiro atoms. The largest absolute Gasteiger partial charge is 0.510 e. The number of hydrogen-bond donors (Lipinski definition) is 2. The molecular weight excluding hydrogens is 318 g/mol. The zero-order chi connectivity index (χ0) is 17.6. The van der Waals surface area contributed by atoms with Crippen molar-refractivity contribution in [3.05, 3.63) is 46.0 Å². The first-order valence-corrected chi connectivity index (χ1v) is 6.95. The quantitative estimate of drug-likeness (QED) is 0.642. The summed E-state index contributed by atoms with van der Waals surface area (Å²) in [4.78, 5) is 33.2. The molecule has 1 aromatic heterocycles. The van der Waals surface area contributed by atoms with E-state index >= 15 is 0 Å². The zero-order valence-corrected chi connectivity index (χ0v) is 12.8. The first-order chi connectivity index (χ1) is 11.2. The monoisotopic (exact) mass is 331 g/mol. The smallest absolute Gasteiger partial charge is 0.446 e. The van der Waals surface area contributed by atoms with Crippen LogP contribution in [0.2, 0.25) is 0 Å². The number of fused-ring (bicyclic) bond motifs is 1. The number of nitrogens with one attached hydrogen (secondary N) is 1. The van der Waals surface area contributed by atoms with Gasteiger partial charge in [0.1, 0.15) is 11.3 Å². The highest BCUT2D eigenvalue weighted by molar-refractivity contribution is 5.90. The molecule has 0 aliphatic carbocycles. The molecule has 0 fully saturated rings. The summed E-state index contributed by atoms with van der Waals surface area (Å²) in [6, 6.07) is 7.33. The second-order valence-electron chi connectivity index (χ2n) is 5.74. The second-order valence-corrected chi connectivity index (χ2v) is 5.74. The Kier molecular flexibility index (Phi) is 3.29. The third kappa shape index (κ3) is 2.35. The molecule has 0 saturated heterocycles. The molecule has 1 aromatic carbocycles. The van der Waals surface area contributed by atoms with Gasteiger partial charge in [0.05, 0.1) is 5.69 Å². The Morgan fingerprint density at radius 1 is 1.33 bits per heavy atom. The number of cyclic esters (lactones) is 1. The van der Waals surface area contributed by atoms with E-state index in [1.54, 1.807) is 32.0 Å². The minimum atomic E-state index is -1.46. The van der Waals surface area contributed by atoms with Crippen LogP contribution in [0.3, 0.4) is 0 Å². The van der Waals surface area contributed by atoms with E-state index in [0.717, 1.165) is 6.07 Å². The molecule has 2 heterocycles. The SMILES string of the molecule is CC1(C)OC(=O)Nc2ccc(-c3ccc([N+](=O)[O-])n3C(=O)O)cc21. The summed E-state index contributed by atoms with van der Waals surface area (Å²) in [6.07, 6.45) is -2.03.